The Bertz CT molecular complexity index is 542. The minimum Gasteiger partial charge on any atom is -0.351 e. The van der Waals surface area contributed by atoms with Crippen LogP contribution in [0.4, 0.5) is 4.79 Å². The van der Waals surface area contributed by atoms with Crippen molar-refractivity contribution < 1.29 is 9.59 Å². The van der Waals surface area contributed by atoms with Crippen LogP contribution >= 0.6 is 0 Å². The van der Waals surface area contributed by atoms with Crippen molar-refractivity contribution >= 4 is 11.9 Å². The van der Waals surface area contributed by atoms with Gasteiger partial charge in [-0.15, -0.1) is 0 Å². The first kappa shape index (κ1) is 15.5. The van der Waals surface area contributed by atoms with Crippen LogP contribution in [0.2, 0.25) is 0 Å². The second kappa shape index (κ2) is 6.72. The number of primary amides is 1. The van der Waals surface area contributed by atoms with Gasteiger partial charge in [0.1, 0.15) is 0 Å². The average molecular weight is 289 g/mol. The van der Waals surface area contributed by atoms with Gasteiger partial charge in [0.25, 0.3) is 0 Å². The molecule has 0 saturated heterocycles. The maximum atomic E-state index is 11.7. The third kappa shape index (κ3) is 4.04. The molecule has 0 spiro atoms. The van der Waals surface area contributed by atoms with Gasteiger partial charge in [0, 0.05) is 6.04 Å². The molecule has 114 valence electrons. The molecule has 4 N–H and O–H groups in total. The highest BCUT2D eigenvalue weighted by Gasteiger charge is 2.18. The summed E-state index contributed by atoms with van der Waals surface area (Å²) in [7, 11) is 0. The van der Waals surface area contributed by atoms with E-state index < -0.39 is 18.0 Å². The summed E-state index contributed by atoms with van der Waals surface area (Å²) < 4.78 is 0. The molecular weight excluding hydrogens is 266 g/mol. The van der Waals surface area contributed by atoms with Gasteiger partial charge in [0.15, 0.2) is 0 Å². The summed E-state index contributed by atoms with van der Waals surface area (Å²) in [6.45, 7) is 3.73. The van der Waals surface area contributed by atoms with E-state index in [1.165, 1.54) is 24.0 Å². The van der Waals surface area contributed by atoms with Crippen molar-refractivity contribution in [1.82, 2.24) is 10.6 Å². The molecule has 2 atom stereocenters. The van der Waals surface area contributed by atoms with Crippen LogP contribution in [-0.2, 0) is 17.6 Å². The minimum atomic E-state index is -0.824. The van der Waals surface area contributed by atoms with Crippen molar-refractivity contribution in [2.75, 3.05) is 0 Å². The van der Waals surface area contributed by atoms with Crippen LogP contribution in [0.15, 0.2) is 18.2 Å². The number of imide groups is 1. The van der Waals surface area contributed by atoms with Crippen LogP contribution < -0.4 is 16.4 Å². The van der Waals surface area contributed by atoms with Gasteiger partial charge in [-0.3, -0.25) is 15.4 Å². The smallest absolute Gasteiger partial charge is 0.318 e. The first-order valence-corrected chi connectivity index (χ1v) is 7.45. The van der Waals surface area contributed by atoms with Crippen LogP contribution in [0.3, 0.4) is 0 Å². The molecule has 1 aromatic rings. The summed E-state index contributed by atoms with van der Waals surface area (Å²) in [5.74, 6) is -0.410. The Morgan fingerprint density at radius 1 is 1.14 bits per heavy atom. The van der Waals surface area contributed by atoms with E-state index in [2.05, 4.69) is 28.8 Å². The molecule has 1 aliphatic carbocycles. The van der Waals surface area contributed by atoms with Crippen molar-refractivity contribution in [3.63, 3.8) is 0 Å². The number of benzene rings is 1. The fourth-order valence-corrected chi connectivity index (χ4v) is 2.80. The maximum absolute atomic E-state index is 11.7. The molecule has 0 fully saturated rings. The zero-order valence-electron chi connectivity index (χ0n) is 12.6. The van der Waals surface area contributed by atoms with Crippen molar-refractivity contribution in [2.24, 2.45) is 5.73 Å². The van der Waals surface area contributed by atoms with Gasteiger partial charge in [-0.05, 0) is 56.2 Å². The zero-order chi connectivity index (χ0) is 15.4. The Labute approximate surface area is 125 Å². The highest BCUT2D eigenvalue weighted by molar-refractivity contribution is 5.96. The van der Waals surface area contributed by atoms with Crippen molar-refractivity contribution in [3.8, 4) is 0 Å². The quantitative estimate of drug-likeness (QED) is 0.790. The van der Waals surface area contributed by atoms with Crippen molar-refractivity contribution in [3.05, 3.63) is 34.9 Å². The van der Waals surface area contributed by atoms with Crippen LogP contribution in [0.25, 0.3) is 0 Å². The second-order valence-corrected chi connectivity index (χ2v) is 5.70. The van der Waals surface area contributed by atoms with Gasteiger partial charge in [0.2, 0.25) is 5.91 Å². The maximum Gasteiger partial charge on any atom is 0.318 e. The first-order valence-electron chi connectivity index (χ1n) is 7.45. The van der Waals surface area contributed by atoms with Gasteiger partial charge in [-0.25, -0.2) is 4.79 Å². The van der Waals surface area contributed by atoms with Crippen molar-refractivity contribution in [2.45, 2.75) is 51.6 Å². The summed E-state index contributed by atoms with van der Waals surface area (Å²) in [6, 6.07) is 5.26. The van der Waals surface area contributed by atoms with Gasteiger partial charge in [-0.1, -0.05) is 18.2 Å². The predicted molar refractivity (Wildman–Crippen MR) is 81.8 cm³/mol. The molecule has 1 aliphatic rings. The van der Waals surface area contributed by atoms with Crippen LogP contribution in [0.5, 0.6) is 0 Å². The summed E-state index contributed by atoms with van der Waals surface area (Å²) >= 11 is 0. The minimum absolute atomic E-state index is 0.0332. The molecule has 0 aliphatic heterocycles. The van der Waals surface area contributed by atoms with E-state index in [0.717, 1.165) is 18.4 Å². The number of fused-ring (bicyclic) bond motifs is 1. The molecule has 1 aromatic carbocycles. The number of rotatable bonds is 4. The summed E-state index contributed by atoms with van der Waals surface area (Å²) in [5, 5.41) is 5.27. The molecule has 0 heterocycles. The van der Waals surface area contributed by atoms with Crippen LogP contribution in [-0.4, -0.2) is 18.0 Å². The van der Waals surface area contributed by atoms with Gasteiger partial charge < -0.3 is 5.73 Å². The van der Waals surface area contributed by atoms with E-state index in [1.807, 2.05) is 6.92 Å². The van der Waals surface area contributed by atoms with Gasteiger partial charge in [0.05, 0.1) is 6.04 Å². The Balaban J connectivity index is 2.01. The van der Waals surface area contributed by atoms with E-state index in [0.29, 0.717) is 0 Å². The Hall–Kier alpha value is -1.88. The lowest BCUT2D eigenvalue weighted by molar-refractivity contribution is -0.121. The number of urea groups is 1. The molecular formula is C16H23N3O2. The standard InChI is InChI=1S/C16H23N3O2/c1-10(18-11(2)15(20)19-16(17)21)13-8-7-12-5-3-4-6-14(12)9-13/h7-11,18H,3-6H2,1-2H3,(H3,17,19,20,21)/t10-,11-/m1/s1. The lowest BCUT2D eigenvalue weighted by Crippen LogP contribution is -2.47. The van der Waals surface area contributed by atoms with E-state index in [-0.39, 0.29) is 6.04 Å². The molecule has 3 amide bonds. The van der Waals surface area contributed by atoms with Crippen LogP contribution in [0.1, 0.15) is 49.4 Å². The molecule has 0 aromatic heterocycles. The number of carbonyl (C=O) groups excluding carboxylic acids is 2. The van der Waals surface area contributed by atoms with Gasteiger partial charge in [-0.2, -0.15) is 0 Å². The molecule has 5 nitrogen and oxygen atoms in total. The Kier molecular flexibility index (Phi) is 4.96. The zero-order valence-corrected chi connectivity index (χ0v) is 12.6. The van der Waals surface area contributed by atoms with Crippen molar-refractivity contribution in [1.29, 1.82) is 0 Å². The fourth-order valence-electron chi connectivity index (χ4n) is 2.80. The molecule has 21 heavy (non-hydrogen) atoms. The molecule has 0 bridgehead atoms. The number of nitrogens with one attached hydrogen (secondary N) is 2. The normalized spacial score (nSPS) is 16.7. The third-order valence-electron chi connectivity index (χ3n) is 4.01. The lowest BCUT2D eigenvalue weighted by Gasteiger charge is -2.22. The van der Waals surface area contributed by atoms with E-state index in [1.54, 1.807) is 6.92 Å². The largest absolute Gasteiger partial charge is 0.351 e. The number of hydrogen-bond acceptors (Lipinski definition) is 3. The monoisotopic (exact) mass is 289 g/mol. The molecule has 5 heteroatoms. The predicted octanol–water partition coefficient (Wildman–Crippen LogP) is 1.80. The van der Waals surface area contributed by atoms with E-state index in [9.17, 15) is 9.59 Å². The Morgan fingerprint density at radius 2 is 1.81 bits per heavy atom. The van der Waals surface area contributed by atoms with Crippen LogP contribution in [0, 0.1) is 0 Å². The van der Waals surface area contributed by atoms with Gasteiger partial charge >= 0.3 is 6.03 Å². The van der Waals surface area contributed by atoms with E-state index in [4.69, 9.17) is 5.73 Å². The number of amides is 3. The van der Waals surface area contributed by atoms with E-state index >= 15 is 0 Å². The third-order valence-corrected chi connectivity index (χ3v) is 4.01. The molecule has 2 rings (SSSR count). The molecule has 0 saturated carbocycles. The highest BCUT2D eigenvalue weighted by atomic mass is 16.2. The molecule has 0 radical (unpaired) electrons. The topological polar surface area (TPSA) is 84.2 Å². The lowest BCUT2D eigenvalue weighted by atomic mass is 9.89. The number of hydrogen-bond donors (Lipinski definition) is 3. The first-order chi connectivity index (χ1) is 9.97. The summed E-state index contributed by atoms with van der Waals surface area (Å²) in [6.07, 6.45) is 4.81. The summed E-state index contributed by atoms with van der Waals surface area (Å²) in [5.41, 5.74) is 8.97. The number of carbonyl (C=O) groups is 2. The number of aryl methyl sites for hydroxylation is 2. The Morgan fingerprint density at radius 3 is 2.48 bits per heavy atom. The number of nitrogens with two attached hydrogens (primary N) is 1. The molecule has 0 unspecified atom stereocenters. The SMILES string of the molecule is C[C@@H](N[C@H](C)c1ccc2c(c1)CCCC2)C(=O)NC(N)=O. The second-order valence-electron chi connectivity index (χ2n) is 5.70. The fraction of sp³-hybridized carbons (Fsp3) is 0.500. The summed E-state index contributed by atoms with van der Waals surface area (Å²) in [4.78, 5) is 22.4. The average Bonchev–Trinajstić information content (AvgIpc) is 2.45. The highest BCUT2D eigenvalue weighted by Crippen LogP contribution is 2.24.